The van der Waals surface area contributed by atoms with Gasteiger partial charge in [-0.25, -0.2) is 0 Å². The Labute approximate surface area is 91.4 Å². The predicted molar refractivity (Wildman–Crippen MR) is 50.7 cm³/mol. The molecule has 1 aliphatic heterocycles. The van der Waals surface area contributed by atoms with Gasteiger partial charge in [-0.15, -0.1) is 0 Å². The molecule has 1 amide bonds. The molecule has 0 spiro atoms. The van der Waals surface area contributed by atoms with E-state index in [1.165, 1.54) is 0 Å². The van der Waals surface area contributed by atoms with Gasteiger partial charge < -0.3 is 15.3 Å². The van der Waals surface area contributed by atoms with Gasteiger partial charge in [-0.2, -0.15) is 13.2 Å². The molecule has 4 nitrogen and oxygen atoms in total. The topological polar surface area (TPSA) is 52.6 Å². The van der Waals surface area contributed by atoms with E-state index < -0.39 is 25.2 Å². The normalized spacial score (nSPS) is 17.0. The number of hydrogen-bond donors (Lipinski definition) is 2. The molecule has 0 aromatic rings. The highest BCUT2D eigenvalue weighted by molar-refractivity contribution is 5.76. The first-order valence-electron chi connectivity index (χ1n) is 5.08. The molecule has 16 heavy (non-hydrogen) atoms. The van der Waals surface area contributed by atoms with Crippen LogP contribution in [0.15, 0.2) is 0 Å². The van der Waals surface area contributed by atoms with Crippen LogP contribution < -0.4 is 5.32 Å². The fraction of sp³-hybridized carbons (Fsp3) is 0.889. The molecular formula is C9H15F3N2O2. The van der Waals surface area contributed by atoms with E-state index in [1.54, 1.807) is 0 Å². The lowest BCUT2D eigenvalue weighted by atomic mass is 9.99. The third kappa shape index (κ3) is 4.36. The van der Waals surface area contributed by atoms with Crippen molar-refractivity contribution in [1.82, 2.24) is 10.2 Å². The summed E-state index contributed by atoms with van der Waals surface area (Å²) in [5.74, 6) is -0.417. The monoisotopic (exact) mass is 240 g/mol. The Balaban J connectivity index is 2.43. The minimum absolute atomic E-state index is 0.114. The molecule has 1 rings (SSSR count). The van der Waals surface area contributed by atoms with Crippen LogP contribution in [0.25, 0.3) is 0 Å². The van der Waals surface area contributed by atoms with Gasteiger partial charge in [0.15, 0.2) is 0 Å². The number of carbonyl (C=O) groups is 1. The van der Waals surface area contributed by atoms with Crippen molar-refractivity contribution in [2.75, 3.05) is 32.8 Å². The highest BCUT2D eigenvalue weighted by Gasteiger charge is 2.33. The quantitative estimate of drug-likeness (QED) is 0.710. The molecule has 94 valence electrons. The number of carbonyl (C=O) groups excluding carboxylic acids is 1. The number of aliphatic hydroxyl groups excluding tert-OH is 1. The largest absolute Gasteiger partial charge is 0.406 e. The lowest BCUT2D eigenvalue weighted by Crippen LogP contribution is -2.47. The van der Waals surface area contributed by atoms with Crippen LogP contribution in [0.4, 0.5) is 13.2 Å². The van der Waals surface area contributed by atoms with E-state index in [9.17, 15) is 18.0 Å². The number of hydrogen-bond acceptors (Lipinski definition) is 3. The third-order valence-corrected chi connectivity index (χ3v) is 2.42. The van der Waals surface area contributed by atoms with Crippen molar-refractivity contribution in [3.63, 3.8) is 0 Å². The van der Waals surface area contributed by atoms with E-state index in [4.69, 9.17) is 5.11 Å². The van der Waals surface area contributed by atoms with Gasteiger partial charge in [-0.3, -0.25) is 4.79 Å². The molecule has 1 heterocycles. The fourth-order valence-electron chi connectivity index (χ4n) is 1.50. The molecule has 1 saturated heterocycles. The zero-order chi connectivity index (χ0) is 12.2. The summed E-state index contributed by atoms with van der Waals surface area (Å²) in [7, 11) is 0. The summed E-state index contributed by atoms with van der Waals surface area (Å²) in [5.41, 5.74) is 0. The standard InChI is InChI=1S/C9H15F3N2O2/c10-9(11,12)6-14(1-2-15)8(16)3-7-4-13-5-7/h7,13,15H,1-6H2. The van der Waals surface area contributed by atoms with Gasteiger partial charge in [-0.1, -0.05) is 0 Å². The van der Waals surface area contributed by atoms with E-state index in [0.29, 0.717) is 18.0 Å². The number of nitrogens with zero attached hydrogens (tertiary/aromatic N) is 1. The van der Waals surface area contributed by atoms with Crippen molar-refractivity contribution >= 4 is 5.91 Å². The molecule has 1 fully saturated rings. The van der Waals surface area contributed by atoms with E-state index >= 15 is 0 Å². The van der Waals surface area contributed by atoms with Gasteiger partial charge in [0.1, 0.15) is 6.54 Å². The predicted octanol–water partition coefficient (Wildman–Crippen LogP) is -0.0209. The zero-order valence-corrected chi connectivity index (χ0v) is 8.76. The Kier molecular flexibility index (Phi) is 4.55. The maximum absolute atomic E-state index is 12.1. The Morgan fingerprint density at radius 2 is 2.06 bits per heavy atom. The van der Waals surface area contributed by atoms with Crippen LogP contribution >= 0.6 is 0 Å². The maximum atomic E-state index is 12.1. The van der Waals surface area contributed by atoms with Crippen LogP contribution in [0, 0.1) is 5.92 Å². The summed E-state index contributed by atoms with van der Waals surface area (Å²) in [5, 5.41) is 11.6. The molecule has 0 aromatic heterocycles. The van der Waals surface area contributed by atoms with Crippen molar-refractivity contribution in [2.45, 2.75) is 12.6 Å². The number of aliphatic hydroxyl groups is 1. The molecule has 0 aromatic carbocycles. The SMILES string of the molecule is O=C(CC1CNC1)N(CCO)CC(F)(F)F. The van der Waals surface area contributed by atoms with Gasteiger partial charge in [0.2, 0.25) is 5.91 Å². The van der Waals surface area contributed by atoms with Crippen LogP contribution in [0.5, 0.6) is 0 Å². The summed E-state index contributed by atoms with van der Waals surface area (Å²) in [4.78, 5) is 12.2. The van der Waals surface area contributed by atoms with Crippen LogP contribution in [0.2, 0.25) is 0 Å². The summed E-state index contributed by atoms with van der Waals surface area (Å²) in [6, 6.07) is 0. The Morgan fingerprint density at radius 3 is 2.44 bits per heavy atom. The smallest absolute Gasteiger partial charge is 0.395 e. The van der Waals surface area contributed by atoms with Crippen molar-refractivity contribution < 1.29 is 23.1 Å². The van der Waals surface area contributed by atoms with E-state index in [0.717, 1.165) is 0 Å². The second-order valence-electron chi connectivity index (χ2n) is 3.88. The third-order valence-electron chi connectivity index (χ3n) is 2.42. The van der Waals surface area contributed by atoms with Crippen molar-refractivity contribution in [1.29, 1.82) is 0 Å². The molecule has 0 unspecified atom stereocenters. The average molecular weight is 240 g/mol. The molecule has 7 heteroatoms. The molecular weight excluding hydrogens is 225 g/mol. The molecule has 0 radical (unpaired) electrons. The number of alkyl halides is 3. The van der Waals surface area contributed by atoms with Gasteiger partial charge in [-0.05, 0) is 19.0 Å². The number of rotatable bonds is 5. The first kappa shape index (κ1) is 13.2. The fourth-order valence-corrected chi connectivity index (χ4v) is 1.50. The van der Waals surface area contributed by atoms with Crippen LogP contribution in [0.1, 0.15) is 6.42 Å². The van der Waals surface area contributed by atoms with Gasteiger partial charge in [0.05, 0.1) is 6.61 Å². The highest BCUT2D eigenvalue weighted by atomic mass is 19.4. The minimum atomic E-state index is -4.41. The lowest BCUT2D eigenvalue weighted by Gasteiger charge is -2.30. The van der Waals surface area contributed by atoms with Gasteiger partial charge in [0, 0.05) is 13.0 Å². The molecule has 0 aliphatic carbocycles. The average Bonchev–Trinajstić information content (AvgIpc) is 2.08. The summed E-state index contributed by atoms with van der Waals surface area (Å²) in [6.07, 6.45) is -4.30. The Bertz CT molecular complexity index is 241. The molecule has 1 aliphatic rings. The summed E-state index contributed by atoms with van der Waals surface area (Å²) >= 11 is 0. The first-order chi connectivity index (χ1) is 7.42. The maximum Gasteiger partial charge on any atom is 0.406 e. The molecule has 2 N–H and O–H groups in total. The molecule has 0 saturated carbocycles. The van der Waals surface area contributed by atoms with Gasteiger partial charge >= 0.3 is 6.18 Å². The summed E-state index contributed by atoms with van der Waals surface area (Å²) in [6.45, 7) is -0.661. The van der Waals surface area contributed by atoms with Crippen molar-refractivity contribution in [2.24, 2.45) is 5.92 Å². The van der Waals surface area contributed by atoms with Gasteiger partial charge in [0.25, 0.3) is 0 Å². The minimum Gasteiger partial charge on any atom is -0.395 e. The second-order valence-corrected chi connectivity index (χ2v) is 3.88. The number of nitrogens with one attached hydrogen (secondary N) is 1. The lowest BCUT2D eigenvalue weighted by molar-refractivity contribution is -0.162. The Morgan fingerprint density at radius 1 is 1.44 bits per heavy atom. The van der Waals surface area contributed by atoms with E-state index in [2.05, 4.69) is 5.32 Å². The highest BCUT2D eigenvalue weighted by Crippen LogP contribution is 2.18. The number of amides is 1. The summed E-state index contributed by atoms with van der Waals surface area (Å²) < 4.78 is 36.4. The van der Waals surface area contributed by atoms with E-state index in [1.807, 2.05) is 0 Å². The zero-order valence-electron chi connectivity index (χ0n) is 8.76. The second kappa shape index (κ2) is 5.49. The van der Waals surface area contributed by atoms with Crippen LogP contribution in [-0.4, -0.2) is 54.9 Å². The van der Waals surface area contributed by atoms with Crippen LogP contribution in [0.3, 0.4) is 0 Å². The number of halogens is 3. The molecule has 0 atom stereocenters. The first-order valence-corrected chi connectivity index (χ1v) is 5.08. The van der Waals surface area contributed by atoms with Crippen molar-refractivity contribution in [3.8, 4) is 0 Å². The van der Waals surface area contributed by atoms with Crippen molar-refractivity contribution in [3.05, 3.63) is 0 Å². The van der Waals surface area contributed by atoms with E-state index in [-0.39, 0.29) is 18.9 Å². The van der Waals surface area contributed by atoms with Crippen LogP contribution in [-0.2, 0) is 4.79 Å². The molecule has 0 bridgehead atoms. The Hall–Kier alpha value is -0.820.